The van der Waals surface area contributed by atoms with E-state index < -0.39 is 60.2 Å². The van der Waals surface area contributed by atoms with Gasteiger partial charge >= 0.3 is 0 Å². The van der Waals surface area contributed by atoms with Crippen LogP contribution in [0, 0.1) is 29.6 Å². The van der Waals surface area contributed by atoms with Gasteiger partial charge in [0.15, 0.2) is 11.8 Å². The van der Waals surface area contributed by atoms with E-state index in [1.165, 1.54) is 18.8 Å². The number of benzene rings is 1. The normalized spacial score (nSPS) is 19.9. The Hall–Kier alpha value is -5.73. The molecule has 0 spiro atoms. The number of hydrazine groups is 1. The predicted molar refractivity (Wildman–Crippen MR) is 308 cm³/mol. The molecule has 1 aromatic carbocycles. The first-order valence-electron chi connectivity index (χ1n) is 29.3. The van der Waals surface area contributed by atoms with Crippen molar-refractivity contribution in [2.45, 2.75) is 207 Å². The van der Waals surface area contributed by atoms with Crippen LogP contribution in [0.25, 0.3) is 0 Å². The molecule has 0 bridgehead atoms. The number of nitrogens with one attached hydrogen (secondary N) is 4. The first-order chi connectivity index (χ1) is 37.8. The lowest BCUT2D eigenvalue weighted by Crippen LogP contribution is -2.60. The van der Waals surface area contributed by atoms with Gasteiger partial charge in [-0.05, 0) is 87.3 Å². The van der Waals surface area contributed by atoms with Crippen molar-refractivity contribution in [1.29, 1.82) is 0 Å². The molecule has 80 heavy (non-hydrogen) atoms. The maximum atomic E-state index is 14.7. The van der Waals surface area contributed by atoms with E-state index in [4.69, 9.17) is 15.2 Å². The summed E-state index contributed by atoms with van der Waals surface area (Å²) in [5.41, 5.74) is 12.1. The number of carbonyl (C=O) groups is 7. The third-order valence-electron chi connectivity index (χ3n) is 17.5. The summed E-state index contributed by atoms with van der Waals surface area (Å²) in [6.45, 7) is 20.8. The minimum Gasteiger partial charge on any atom is -0.494 e. The van der Waals surface area contributed by atoms with E-state index in [0.717, 1.165) is 24.0 Å². The van der Waals surface area contributed by atoms with Crippen molar-refractivity contribution in [3.8, 4) is 11.8 Å². The summed E-state index contributed by atoms with van der Waals surface area (Å²) in [5, 5.41) is 27.5. The van der Waals surface area contributed by atoms with Gasteiger partial charge in [0, 0.05) is 70.8 Å². The van der Waals surface area contributed by atoms with Crippen LogP contribution in [0.2, 0.25) is 0 Å². The van der Waals surface area contributed by atoms with E-state index in [9.17, 15) is 43.8 Å². The van der Waals surface area contributed by atoms with Gasteiger partial charge in [0.25, 0.3) is 0 Å². The zero-order valence-electron chi connectivity index (χ0n) is 50.5. The van der Waals surface area contributed by atoms with Crippen LogP contribution in [0.1, 0.15) is 163 Å². The highest BCUT2D eigenvalue weighted by Crippen LogP contribution is 2.48. The van der Waals surface area contributed by atoms with E-state index in [0.29, 0.717) is 64.6 Å². The fourth-order valence-electron chi connectivity index (χ4n) is 12.0. The lowest BCUT2D eigenvalue weighted by molar-refractivity contribution is -0.148. The molecule has 11 atom stereocenters. The molecule has 11 unspecified atom stereocenters. The van der Waals surface area contributed by atoms with Crippen LogP contribution in [0.15, 0.2) is 36.4 Å². The van der Waals surface area contributed by atoms with Crippen LogP contribution in [-0.2, 0) is 55.0 Å². The number of rotatable bonds is 33. The fourth-order valence-corrected chi connectivity index (χ4v) is 12.0. The van der Waals surface area contributed by atoms with Gasteiger partial charge in [0.1, 0.15) is 6.04 Å². The van der Waals surface area contributed by atoms with Crippen LogP contribution in [0.3, 0.4) is 0 Å². The molecule has 20 nitrogen and oxygen atoms in total. The molecule has 1 aliphatic heterocycles. The van der Waals surface area contributed by atoms with Crippen molar-refractivity contribution in [1.82, 2.24) is 40.8 Å². The van der Waals surface area contributed by atoms with E-state index in [-0.39, 0.29) is 95.6 Å². The second-order valence-corrected chi connectivity index (χ2v) is 23.6. The number of aromatic hydroxyl groups is 2. The highest BCUT2D eigenvalue weighted by Gasteiger charge is 2.56. The first-order valence-corrected chi connectivity index (χ1v) is 29.3. The van der Waals surface area contributed by atoms with Crippen molar-refractivity contribution in [2.75, 3.05) is 41.4 Å². The number of likely N-dealkylation sites (N-methyl/N-ethyl adjacent to an activating group) is 2. The smallest absolute Gasteiger partial charge is 0.245 e. The number of methoxy groups -OCH3 is 2. The Labute approximate surface area is 476 Å². The summed E-state index contributed by atoms with van der Waals surface area (Å²) in [7, 11) is 6.56. The quantitative estimate of drug-likeness (QED) is 0.0327. The third-order valence-corrected chi connectivity index (χ3v) is 17.5. The number of hydrogen-bond acceptors (Lipinski definition) is 12. The molecule has 1 aliphatic carbocycles. The molecule has 0 radical (unpaired) electrons. The van der Waals surface area contributed by atoms with E-state index in [1.807, 2.05) is 76.8 Å². The number of nitrogens with zero attached hydrogens (tertiary/aromatic N) is 4. The summed E-state index contributed by atoms with van der Waals surface area (Å²) in [5.74, 6) is -4.25. The topological polar surface area (TPSA) is 267 Å². The van der Waals surface area contributed by atoms with Crippen molar-refractivity contribution >= 4 is 41.4 Å². The summed E-state index contributed by atoms with van der Waals surface area (Å²) in [6, 6.07) is 8.15. The molecule has 2 aromatic rings. The molecule has 2 aliphatic rings. The van der Waals surface area contributed by atoms with Gasteiger partial charge in [-0.1, -0.05) is 112 Å². The Morgan fingerprint density at radius 1 is 0.838 bits per heavy atom. The van der Waals surface area contributed by atoms with Crippen molar-refractivity contribution in [3.63, 3.8) is 0 Å². The Kier molecular flexibility index (Phi) is 25.8. The second kappa shape index (κ2) is 30.9. The van der Waals surface area contributed by atoms with E-state index in [1.54, 1.807) is 36.9 Å². The molecule has 7 amide bonds. The van der Waals surface area contributed by atoms with Crippen LogP contribution in [0.5, 0.6) is 11.8 Å². The summed E-state index contributed by atoms with van der Waals surface area (Å²) >= 11 is 0. The molecular formula is C60H99N9O11. The number of aromatic nitrogens is 1. The number of unbranched alkanes of at least 4 members (excludes halogenated alkanes) is 2. The minimum atomic E-state index is -0.913. The molecule has 8 N–H and O–H groups in total. The van der Waals surface area contributed by atoms with Gasteiger partial charge in [-0.25, -0.2) is 0 Å². The van der Waals surface area contributed by atoms with Gasteiger partial charge in [0.2, 0.25) is 41.4 Å². The monoisotopic (exact) mass is 1120 g/mol. The maximum absolute atomic E-state index is 14.7. The molecule has 2 heterocycles. The van der Waals surface area contributed by atoms with Gasteiger partial charge in [0.05, 0.1) is 48.6 Å². The summed E-state index contributed by atoms with van der Waals surface area (Å²) in [6.07, 6.45) is 4.75. The zero-order chi connectivity index (χ0) is 59.8. The molecule has 450 valence electrons. The molecule has 4 rings (SSSR count). The van der Waals surface area contributed by atoms with Crippen LogP contribution < -0.4 is 27.2 Å². The van der Waals surface area contributed by atoms with E-state index >= 15 is 0 Å². The largest absolute Gasteiger partial charge is 0.494 e. The van der Waals surface area contributed by atoms with Crippen molar-refractivity contribution in [2.24, 2.45) is 35.3 Å². The number of ether oxygens (including phenoxy) is 2. The lowest BCUT2D eigenvalue weighted by atomic mass is 9.79. The molecule has 1 aromatic heterocycles. The third kappa shape index (κ3) is 16.9. The Morgan fingerprint density at radius 3 is 2.01 bits per heavy atom. The molecule has 2 fully saturated rings. The average Bonchev–Trinajstić information content (AvgIpc) is 3.79. The lowest BCUT2D eigenvalue weighted by Gasteiger charge is -2.41. The number of likely N-dealkylation sites (tertiary alicyclic amines) is 1. The first kappa shape index (κ1) is 66.8. The number of primary amides is 1. The van der Waals surface area contributed by atoms with Crippen LogP contribution in [0.4, 0.5) is 0 Å². The highest BCUT2D eigenvalue weighted by molar-refractivity contribution is 5.90. The SMILES string of the molecule is CCC(C)C(C(CC(=O)N1CCCC1C(OC)C(C)C(=O)NC1C(C(N)=O)C1c1ccccc1)OC)N(C)C(=O)C(NC(=O)C(C(C)C)N(C)CCCC(=O)NNC(=O)CCCCCn1c(O)cc(C(C)(CC)CC)c1O)C(C)C. The van der Waals surface area contributed by atoms with Gasteiger partial charge in [-0.15, -0.1) is 0 Å². The Morgan fingerprint density at radius 2 is 1.46 bits per heavy atom. The summed E-state index contributed by atoms with van der Waals surface area (Å²) < 4.78 is 13.6. The van der Waals surface area contributed by atoms with Crippen LogP contribution in [-0.4, -0.2) is 155 Å². The van der Waals surface area contributed by atoms with Gasteiger partial charge < -0.3 is 45.9 Å². The maximum Gasteiger partial charge on any atom is 0.245 e. The molecule has 1 saturated carbocycles. The summed E-state index contributed by atoms with van der Waals surface area (Å²) in [4.78, 5) is 100. The van der Waals surface area contributed by atoms with Gasteiger partial charge in [-0.2, -0.15) is 0 Å². The number of amides is 7. The standard InChI is InChI=1S/C60H99N9O11/c1-15-38(8)53(43(79-13)35-47(73)68-33-24-28-42(68)54(80-14)39(9)56(75)63-51-48(49(51)55(61)74)40-26-20-18-21-27-40)67(12)59(78)50(36(4)5)62-57(76)52(37(6)7)66(11)31-25-30-45(71)65-64-44(70)29-22-19-23-32-69-46(72)34-41(58(69)77)60(10,16-2)17-3/h18,20-21,26-27,34,36-39,42-43,48-54,72,77H,15-17,19,22-25,28-33,35H2,1-14H3,(H2,61,74)(H,62,76)(H,63,75)(H,64,70)(H,65,71). The molecule has 20 heteroatoms. The number of carbonyl (C=O) groups excluding carboxylic acids is 7. The fraction of sp³-hybridized carbons (Fsp3) is 0.717. The average molecular weight is 1120 g/mol. The number of hydrogen-bond donors (Lipinski definition) is 7. The zero-order valence-corrected chi connectivity index (χ0v) is 50.5. The van der Waals surface area contributed by atoms with E-state index in [2.05, 4.69) is 42.3 Å². The molecular weight excluding hydrogens is 1020 g/mol. The van der Waals surface area contributed by atoms with Crippen molar-refractivity contribution in [3.05, 3.63) is 47.5 Å². The Bertz CT molecular complexity index is 2360. The highest BCUT2D eigenvalue weighted by atomic mass is 16.5. The predicted octanol–water partition coefficient (Wildman–Crippen LogP) is 5.87. The minimum absolute atomic E-state index is 0.0191. The Balaban J connectivity index is 1.30. The number of nitrogens with two attached hydrogens (primary N) is 1. The van der Waals surface area contributed by atoms with Gasteiger partial charge in [-0.3, -0.25) is 53.9 Å². The van der Waals surface area contributed by atoms with Crippen molar-refractivity contribution < 1.29 is 53.2 Å². The molecule has 1 saturated heterocycles. The second-order valence-electron chi connectivity index (χ2n) is 23.6. The van der Waals surface area contributed by atoms with Crippen LogP contribution >= 0.6 is 0 Å².